The molecule has 0 unspecified atom stereocenters. The zero-order valence-electron chi connectivity index (χ0n) is 18.6. The van der Waals surface area contributed by atoms with Crippen LogP contribution >= 0.6 is 0 Å². The summed E-state index contributed by atoms with van der Waals surface area (Å²) >= 11 is 0. The zero-order valence-corrected chi connectivity index (χ0v) is 18.6. The van der Waals surface area contributed by atoms with E-state index in [1.165, 1.54) is 32.0 Å². The number of imidazole rings is 1. The van der Waals surface area contributed by atoms with E-state index in [9.17, 15) is 0 Å². The van der Waals surface area contributed by atoms with Gasteiger partial charge in [0.05, 0.1) is 11.8 Å². The van der Waals surface area contributed by atoms with Crippen LogP contribution in [0.1, 0.15) is 50.7 Å². The number of fused-ring (bicyclic) bond motifs is 4. The predicted octanol–water partition coefficient (Wildman–Crippen LogP) is 3.01. The largest absolute Gasteiger partial charge is 0.338 e. The molecule has 33 heavy (non-hydrogen) atoms. The van der Waals surface area contributed by atoms with Gasteiger partial charge in [-0.2, -0.15) is 4.98 Å². The highest BCUT2D eigenvalue weighted by atomic mass is 15.4. The zero-order chi connectivity index (χ0) is 22.2. The van der Waals surface area contributed by atoms with Gasteiger partial charge in [0.15, 0.2) is 11.6 Å². The van der Waals surface area contributed by atoms with Crippen LogP contribution in [0, 0.1) is 12.8 Å². The molecule has 0 N–H and O–H groups in total. The summed E-state index contributed by atoms with van der Waals surface area (Å²) in [5.74, 6) is 4.68. The average Bonchev–Trinajstić information content (AvgIpc) is 3.36. The van der Waals surface area contributed by atoms with Crippen molar-refractivity contribution in [2.75, 3.05) is 4.90 Å². The minimum Gasteiger partial charge on any atom is -0.338 e. The molecule has 1 spiro atoms. The lowest BCUT2D eigenvalue weighted by Crippen LogP contribution is -2.48. The van der Waals surface area contributed by atoms with Crippen LogP contribution in [0.15, 0.2) is 37.3 Å². The third kappa shape index (κ3) is 2.51. The highest BCUT2D eigenvalue weighted by molar-refractivity contribution is 5.67. The Labute approximate surface area is 190 Å². The molecular formula is C23H24N10. The normalized spacial score (nSPS) is 23.7. The standard InChI is InChI=1S/C23H24N10/c1-14-9-23(14)21-30-29-15(2)32(21)18-12-27-22(28-20(18)33(23)17-5-3-4-6-17)31-8-7-26-19(31)16-10-24-13-25-11-16/h7-8,10-14,17H,3-6,9H2,1-2H3/t14-,23-/m0/s1. The fraction of sp³-hybridized carbons (Fsp3) is 0.435. The molecule has 0 aromatic carbocycles. The molecule has 4 aromatic heterocycles. The first-order chi connectivity index (χ1) is 16.2. The van der Waals surface area contributed by atoms with Crippen molar-refractivity contribution in [2.24, 2.45) is 5.92 Å². The lowest BCUT2D eigenvalue weighted by Gasteiger charge is -2.42. The van der Waals surface area contributed by atoms with Crippen LogP contribution in [0.25, 0.3) is 23.0 Å². The average molecular weight is 441 g/mol. The maximum absolute atomic E-state index is 5.18. The maximum atomic E-state index is 5.18. The van der Waals surface area contributed by atoms with Gasteiger partial charge in [0.1, 0.15) is 29.2 Å². The van der Waals surface area contributed by atoms with Crippen molar-refractivity contribution in [2.45, 2.75) is 57.5 Å². The van der Waals surface area contributed by atoms with Crippen molar-refractivity contribution in [3.05, 3.63) is 49.0 Å². The van der Waals surface area contributed by atoms with Gasteiger partial charge < -0.3 is 4.90 Å². The van der Waals surface area contributed by atoms with E-state index in [1.807, 2.05) is 23.9 Å². The van der Waals surface area contributed by atoms with Gasteiger partial charge >= 0.3 is 0 Å². The van der Waals surface area contributed by atoms with Crippen molar-refractivity contribution >= 4 is 5.82 Å². The summed E-state index contributed by atoms with van der Waals surface area (Å²) in [6.45, 7) is 4.32. The second kappa shape index (κ2) is 6.66. The molecule has 166 valence electrons. The van der Waals surface area contributed by atoms with Crippen molar-refractivity contribution < 1.29 is 0 Å². The SMILES string of the molecule is Cc1nnc2n1-c1cnc(-n3ccnc3-c3cncnc3)nc1N(C1CCCC1)[C@]21C[C@@H]1C. The highest BCUT2D eigenvalue weighted by Crippen LogP contribution is 2.61. The molecule has 10 heteroatoms. The van der Waals surface area contributed by atoms with Crippen LogP contribution in [0.5, 0.6) is 0 Å². The van der Waals surface area contributed by atoms with Crippen molar-refractivity contribution in [3.63, 3.8) is 0 Å². The summed E-state index contributed by atoms with van der Waals surface area (Å²) in [5, 5.41) is 9.11. The number of nitrogens with zero attached hydrogens (tertiary/aromatic N) is 10. The molecule has 2 fully saturated rings. The van der Waals surface area contributed by atoms with E-state index in [1.54, 1.807) is 18.6 Å². The molecule has 3 aliphatic rings. The Morgan fingerprint density at radius 3 is 2.58 bits per heavy atom. The minimum absolute atomic E-state index is 0.139. The Balaban J connectivity index is 1.44. The number of rotatable bonds is 3. The molecule has 0 radical (unpaired) electrons. The predicted molar refractivity (Wildman–Crippen MR) is 120 cm³/mol. The summed E-state index contributed by atoms with van der Waals surface area (Å²) in [6.07, 6.45) is 16.5. The fourth-order valence-electron chi connectivity index (χ4n) is 5.85. The van der Waals surface area contributed by atoms with Crippen LogP contribution in [0.3, 0.4) is 0 Å². The minimum atomic E-state index is -0.139. The maximum Gasteiger partial charge on any atom is 0.237 e. The Kier molecular flexibility index (Phi) is 3.80. The number of aryl methyl sites for hydroxylation is 1. The second-order valence-corrected chi connectivity index (χ2v) is 9.37. The monoisotopic (exact) mass is 440 g/mol. The molecule has 0 amide bonds. The van der Waals surface area contributed by atoms with E-state index >= 15 is 0 Å². The van der Waals surface area contributed by atoms with Gasteiger partial charge in [-0.3, -0.25) is 9.13 Å². The Hall–Kier alpha value is -3.69. The lowest BCUT2D eigenvalue weighted by molar-refractivity contribution is 0.440. The summed E-state index contributed by atoms with van der Waals surface area (Å²) in [6, 6.07) is 0.451. The topological polar surface area (TPSA) is 103 Å². The molecular weight excluding hydrogens is 416 g/mol. The Morgan fingerprint density at radius 1 is 1.03 bits per heavy atom. The lowest BCUT2D eigenvalue weighted by atomic mass is 10.0. The first-order valence-corrected chi connectivity index (χ1v) is 11.6. The van der Waals surface area contributed by atoms with Gasteiger partial charge in [-0.15, -0.1) is 10.2 Å². The van der Waals surface area contributed by atoms with Gasteiger partial charge in [0.2, 0.25) is 5.95 Å². The van der Waals surface area contributed by atoms with E-state index in [-0.39, 0.29) is 5.54 Å². The van der Waals surface area contributed by atoms with Crippen molar-refractivity contribution in [3.8, 4) is 23.0 Å². The van der Waals surface area contributed by atoms with Gasteiger partial charge in [-0.05, 0) is 32.1 Å². The number of hydrogen-bond donors (Lipinski definition) is 0. The molecule has 10 nitrogen and oxygen atoms in total. The van der Waals surface area contributed by atoms with Crippen LogP contribution in [0.4, 0.5) is 5.82 Å². The molecule has 2 atom stereocenters. The third-order valence-corrected chi connectivity index (χ3v) is 7.49. The quantitative estimate of drug-likeness (QED) is 0.479. The van der Waals surface area contributed by atoms with Crippen molar-refractivity contribution in [1.29, 1.82) is 0 Å². The summed E-state index contributed by atoms with van der Waals surface area (Å²) in [7, 11) is 0. The molecule has 0 saturated heterocycles. The van der Waals surface area contributed by atoms with Gasteiger partial charge in [0, 0.05) is 30.8 Å². The van der Waals surface area contributed by atoms with Crippen LogP contribution < -0.4 is 4.90 Å². The molecule has 2 saturated carbocycles. The van der Waals surface area contributed by atoms with E-state index in [2.05, 4.69) is 41.5 Å². The van der Waals surface area contributed by atoms with E-state index in [0.717, 1.165) is 41.0 Å². The van der Waals surface area contributed by atoms with Gasteiger partial charge in [-0.25, -0.2) is 19.9 Å². The fourth-order valence-corrected chi connectivity index (χ4v) is 5.85. The molecule has 4 aromatic rings. The summed E-state index contributed by atoms with van der Waals surface area (Å²) < 4.78 is 4.07. The highest BCUT2D eigenvalue weighted by Gasteiger charge is 2.64. The number of aromatic nitrogens is 9. The number of anilines is 1. The van der Waals surface area contributed by atoms with Crippen LogP contribution in [0.2, 0.25) is 0 Å². The van der Waals surface area contributed by atoms with Crippen molar-refractivity contribution in [1.82, 2.24) is 44.3 Å². The molecule has 7 rings (SSSR count). The van der Waals surface area contributed by atoms with E-state index in [4.69, 9.17) is 9.97 Å². The van der Waals surface area contributed by atoms with Gasteiger partial charge in [-0.1, -0.05) is 19.8 Å². The first-order valence-electron chi connectivity index (χ1n) is 11.6. The van der Waals surface area contributed by atoms with Crippen LogP contribution in [-0.4, -0.2) is 50.3 Å². The van der Waals surface area contributed by atoms with Crippen LogP contribution in [-0.2, 0) is 5.54 Å². The summed E-state index contributed by atoms with van der Waals surface area (Å²) in [4.78, 5) is 25.3. The second-order valence-electron chi connectivity index (χ2n) is 9.37. The van der Waals surface area contributed by atoms with E-state index in [0.29, 0.717) is 17.9 Å². The third-order valence-electron chi connectivity index (χ3n) is 7.49. The first kappa shape index (κ1) is 18.8. The smallest absolute Gasteiger partial charge is 0.237 e. The van der Waals surface area contributed by atoms with E-state index < -0.39 is 0 Å². The molecule has 5 heterocycles. The molecule has 2 aliphatic carbocycles. The number of hydrogen-bond acceptors (Lipinski definition) is 8. The Morgan fingerprint density at radius 2 is 1.82 bits per heavy atom. The molecule has 0 bridgehead atoms. The molecule has 1 aliphatic heterocycles. The van der Waals surface area contributed by atoms with Gasteiger partial charge in [0.25, 0.3) is 0 Å². The summed E-state index contributed by atoms with van der Waals surface area (Å²) in [5.41, 5.74) is 1.64. The Bertz CT molecular complexity index is 1350.